The minimum atomic E-state index is 0.854. The molecular weight excluding hydrogens is 775 g/mol. The molecule has 0 spiro atoms. The van der Waals surface area contributed by atoms with Crippen molar-refractivity contribution in [3.05, 3.63) is 237 Å². The van der Waals surface area contributed by atoms with E-state index in [0.717, 1.165) is 49.8 Å². The summed E-state index contributed by atoms with van der Waals surface area (Å²) in [6.07, 6.45) is 0. The first kappa shape index (κ1) is 36.2. The average Bonchev–Trinajstić information content (AvgIpc) is 3.75. The zero-order valence-electron chi connectivity index (χ0n) is 34.9. The van der Waals surface area contributed by atoms with Crippen molar-refractivity contribution in [1.82, 2.24) is 0 Å². The number of furan rings is 1. The third-order valence-corrected chi connectivity index (χ3v) is 13.2. The number of rotatable bonds is 6. The van der Waals surface area contributed by atoms with Gasteiger partial charge >= 0.3 is 0 Å². The summed E-state index contributed by atoms with van der Waals surface area (Å²) in [6.45, 7) is 0. The maximum atomic E-state index is 6.86. The smallest absolute Gasteiger partial charge is 0.143 e. The summed E-state index contributed by atoms with van der Waals surface area (Å²) in [5.74, 6) is 0. The first-order chi connectivity index (χ1) is 31.7. The van der Waals surface area contributed by atoms with Gasteiger partial charge in [-0.3, -0.25) is 0 Å². The quantitative estimate of drug-likeness (QED) is 0.156. The van der Waals surface area contributed by atoms with Gasteiger partial charge < -0.3 is 9.32 Å². The van der Waals surface area contributed by atoms with Crippen LogP contribution in [0.5, 0.6) is 0 Å². The fraction of sp³-hybridized carbons (Fsp3) is 0. The Morgan fingerprint density at radius 2 is 0.828 bits per heavy atom. The van der Waals surface area contributed by atoms with Crippen molar-refractivity contribution in [2.24, 2.45) is 0 Å². The van der Waals surface area contributed by atoms with Crippen LogP contribution in [0.15, 0.2) is 241 Å². The van der Waals surface area contributed by atoms with E-state index in [2.05, 4.69) is 241 Å². The topological polar surface area (TPSA) is 16.4 Å². The number of hydrogen-bond donors (Lipinski definition) is 0. The van der Waals surface area contributed by atoms with Crippen molar-refractivity contribution in [2.45, 2.75) is 0 Å². The second kappa shape index (κ2) is 14.6. The van der Waals surface area contributed by atoms with Gasteiger partial charge in [0.1, 0.15) is 11.2 Å². The molecule has 1 aromatic heterocycles. The van der Waals surface area contributed by atoms with Crippen molar-refractivity contribution in [2.75, 3.05) is 4.90 Å². The summed E-state index contributed by atoms with van der Waals surface area (Å²) in [6, 6.07) is 86.2. The molecule has 0 radical (unpaired) electrons. The third-order valence-electron chi connectivity index (χ3n) is 13.2. The molecule has 0 saturated carbocycles. The highest BCUT2D eigenvalue weighted by molar-refractivity contribution is 6.19. The molecule has 0 aliphatic rings. The predicted molar refractivity (Wildman–Crippen MR) is 272 cm³/mol. The van der Waals surface area contributed by atoms with E-state index in [1.165, 1.54) is 76.5 Å². The maximum Gasteiger partial charge on any atom is 0.143 e. The maximum absolute atomic E-state index is 6.86. The summed E-state index contributed by atoms with van der Waals surface area (Å²) in [5.41, 5.74) is 12.1. The predicted octanol–water partition coefficient (Wildman–Crippen LogP) is 17.8. The second-order valence-corrected chi connectivity index (χ2v) is 16.8. The van der Waals surface area contributed by atoms with Crippen LogP contribution >= 0.6 is 0 Å². The highest BCUT2D eigenvalue weighted by Crippen LogP contribution is 2.48. The van der Waals surface area contributed by atoms with Crippen molar-refractivity contribution < 1.29 is 4.42 Å². The molecule has 2 nitrogen and oxygen atoms in total. The molecule has 0 aliphatic carbocycles. The Labute approximate surface area is 370 Å². The molecule has 0 aliphatic heterocycles. The summed E-state index contributed by atoms with van der Waals surface area (Å²) >= 11 is 0. The van der Waals surface area contributed by atoms with Gasteiger partial charge in [-0.1, -0.05) is 188 Å². The van der Waals surface area contributed by atoms with Crippen molar-refractivity contribution in [3.63, 3.8) is 0 Å². The minimum Gasteiger partial charge on any atom is -0.455 e. The van der Waals surface area contributed by atoms with E-state index in [4.69, 9.17) is 4.42 Å². The van der Waals surface area contributed by atoms with E-state index in [0.29, 0.717) is 0 Å². The van der Waals surface area contributed by atoms with Gasteiger partial charge in [0, 0.05) is 39.0 Å². The molecule has 12 aromatic carbocycles. The Kier molecular flexibility index (Phi) is 8.25. The van der Waals surface area contributed by atoms with E-state index in [9.17, 15) is 0 Å². The SMILES string of the molecule is c1ccc(-c2ccc(N(c3ccc4c(c3)oc3c5ccccc5ccc43)c3ccc(-c4cc5ccccc5c5ccccc45)c4ccccc34)cc2-c2cccc3ccccc23)cc1. The van der Waals surface area contributed by atoms with Gasteiger partial charge in [-0.15, -0.1) is 0 Å². The van der Waals surface area contributed by atoms with Crippen LogP contribution in [0.3, 0.4) is 0 Å². The minimum absolute atomic E-state index is 0.854. The van der Waals surface area contributed by atoms with Gasteiger partial charge in [0.05, 0.1) is 5.69 Å². The van der Waals surface area contributed by atoms with Crippen LogP contribution in [-0.4, -0.2) is 0 Å². The van der Waals surface area contributed by atoms with Crippen LogP contribution in [0.1, 0.15) is 0 Å². The lowest BCUT2D eigenvalue weighted by atomic mass is 9.89. The van der Waals surface area contributed by atoms with Crippen LogP contribution in [0.2, 0.25) is 0 Å². The second-order valence-electron chi connectivity index (χ2n) is 16.8. The lowest BCUT2D eigenvalue weighted by molar-refractivity contribution is 0.672. The number of anilines is 3. The summed E-state index contributed by atoms with van der Waals surface area (Å²) < 4.78 is 6.86. The Morgan fingerprint density at radius 1 is 0.266 bits per heavy atom. The molecule has 0 fully saturated rings. The molecule has 0 saturated heterocycles. The van der Waals surface area contributed by atoms with Crippen LogP contribution in [-0.2, 0) is 0 Å². The monoisotopic (exact) mass is 813 g/mol. The van der Waals surface area contributed by atoms with E-state index >= 15 is 0 Å². The third kappa shape index (κ3) is 5.73. The van der Waals surface area contributed by atoms with Gasteiger partial charge in [0.15, 0.2) is 0 Å². The lowest BCUT2D eigenvalue weighted by Gasteiger charge is -2.29. The molecule has 13 aromatic rings. The Hall–Kier alpha value is -8.46. The molecule has 0 bridgehead atoms. The van der Waals surface area contributed by atoms with Crippen molar-refractivity contribution >= 4 is 92.9 Å². The highest BCUT2D eigenvalue weighted by atomic mass is 16.3. The van der Waals surface area contributed by atoms with Gasteiger partial charge in [-0.05, 0) is 119 Å². The molecule has 298 valence electrons. The first-order valence-electron chi connectivity index (χ1n) is 22.0. The highest BCUT2D eigenvalue weighted by Gasteiger charge is 2.22. The number of nitrogens with zero attached hydrogens (tertiary/aromatic N) is 1. The zero-order valence-corrected chi connectivity index (χ0v) is 34.9. The van der Waals surface area contributed by atoms with Gasteiger partial charge in [0.25, 0.3) is 0 Å². The zero-order chi connectivity index (χ0) is 42.1. The van der Waals surface area contributed by atoms with Crippen molar-refractivity contribution in [3.8, 4) is 33.4 Å². The average molecular weight is 814 g/mol. The molecule has 0 atom stereocenters. The van der Waals surface area contributed by atoms with Gasteiger partial charge in [0.2, 0.25) is 0 Å². The van der Waals surface area contributed by atoms with Crippen LogP contribution in [0.25, 0.3) is 109 Å². The Balaban J connectivity index is 1.09. The van der Waals surface area contributed by atoms with E-state index in [1.54, 1.807) is 0 Å². The molecule has 0 amide bonds. The summed E-state index contributed by atoms with van der Waals surface area (Å²) in [5, 5.41) is 14.3. The normalized spacial score (nSPS) is 11.8. The van der Waals surface area contributed by atoms with E-state index < -0.39 is 0 Å². The largest absolute Gasteiger partial charge is 0.455 e. The molecule has 2 heteroatoms. The first-order valence-corrected chi connectivity index (χ1v) is 22.0. The molecule has 13 rings (SSSR count). The van der Waals surface area contributed by atoms with Crippen LogP contribution < -0.4 is 4.90 Å². The Bertz CT molecular complexity index is 3970. The fourth-order valence-electron chi connectivity index (χ4n) is 10.3. The number of hydrogen-bond acceptors (Lipinski definition) is 2. The van der Waals surface area contributed by atoms with Gasteiger partial charge in [-0.2, -0.15) is 0 Å². The van der Waals surface area contributed by atoms with Crippen LogP contribution in [0.4, 0.5) is 17.1 Å². The molecule has 64 heavy (non-hydrogen) atoms. The van der Waals surface area contributed by atoms with E-state index in [1.807, 2.05) is 0 Å². The van der Waals surface area contributed by atoms with Gasteiger partial charge in [-0.25, -0.2) is 0 Å². The Morgan fingerprint density at radius 3 is 1.64 bits per heavy atom. The summed E-state index contributed by atoms with van der Waals surface area (Å²) in [4.78, 5) is 2.43. The molecular formula is C62H39NO. The van der Waals surface area contributed by atoms with Crippen LogP contribution in [0, 0.1) is 0 Å². The lowest BCUT2D eigenvalue weighted by Crippen LogP contribution is -2.11. The molecule has 0 N–H and O–H groups in total. The van der Waals surface area contributed by atoms with E-state index in [-0.39, 0.29) is 0 Å². The summed E-state index contributed by atoms with van der Waals surface area (Å²) in [7, 11) is 0. The molecule has 0 unspecified atom stereocenters. The fourth-order valence-corrected chi connectivity index (χ4v) is 10.3. The molecule has 1 heterocycles. The number of fused-ring (bicyclic) bond motifs is 10. The number of benzene rings is 12. The van der Waals surface area contributed by atoms with Crippen molar-refractivity contribution in [1.29, 1.82) is 0 Å². The standard InChI is InChI=1S/C62H39NO/c1-2-15-40(16-3-1)48-33-30-44(38-59(48)51-28-14-20-41-17-4-7-21-46(41)51)63(45-31-34-56-57-32-29-42-18-5-9-23-49(42)62(57)64-61(56)39-45)60-36-35-54(52-25-12-13-27-55(52)60)58-37-43-19-6-8-22-47(43)50-24-10-11-26-53(50)58/h1-39H.